The molecule has 12 heavy (non-hydrogen) atoms. The summed E-state index contributed by atoms with van der Waals surface area (Å²) in [4.78, 5) is 4.05. The van der Waals surface area contributed by atoms with E-state index in [4.69, 9.17) is 16.7 Å². The Balaban J connectivity index is 1.89. The Labute approximate surface area is 79.4 Å². The monoisotopic (exact) mass is 204 g/mol. The van der Waals surface area contributed by atoms with Gasteiger partial charge in [-0.15, -0.1) is 11.3 Å². The summed E-state index contributed by atoms with van der Waals surface area (Å²) in [6.07, 6.45) is 1.03. The van der Waals surface area contributed by atoms with Crippen molar-refractivity contribution in [3.8, 4) is 0 Å². The second kappa shape index (κ2) is 3.20. The van der Waals surface area contributed by atoms with Crippen LogP contribution in [0.2, 0.25) is 4.47 Å². The molecule has 1 heterocycles. The quantitative estimate of drug-likeness (QED) is 0.786. The van der Waals surface area contributed by atoms with Crippen LogP contribution in [0, 0.1) is 5.92 Å². The molecule has 0 saturated heterocycles. The van der Waals surface area contributed by atoms with E-state index in [9.17, 15) is 0 Å². The molecule has 1 aromatic heterocycles. The molecule has 0 amide bonds. The molecule has 2 rings (SSSR count). The van der Waals surface area contributed by atoms with Gasteiger partial charge in [-0.3, -0.25) is 0 Å². The molecule has 0 aliphatic heterocycles. The molecular formula is C7H9ClN2OS. The highest BCUT2D eigenvalue weighted by atomic mass is 35.5. The number of rotatable bonds is 3. The van der Waals surface area contributed by atoms with Gasteiger partial charge >= 0.3 is 0 Å². The van der Waals surface area contributed by atoms with E-state index in [1.165, 1.54) is 11.3 Å². The third-order valence-corrected chi connectivity index (χ3v) is 2.95. The lowest BCUT2D eigenvalue weighted by Gasteiger charge is -1.98. The maximum Gasteiger partial charge on any atom is 0.185 e. The van der Waals surface area contributed by atoms with Crippen LogP contribution in [-0.2, 0) is 0 Å². The summed E-state index contributed by atoms with van der Waals surface area (Å²) in [6, 6.07) is 0.396. The molecule has 1 aliphatic carbocycles. The predicted molar refractivity (Wildman–Crippen MR) is 49.7 cm³/mol. The largest absolute Gasteiger partial charge is 0.396 e. The van der Waals surface area contributed by atoms with Gasteiger partial charge in [0.2, 0.25) is 0 Å². The molecule has 0 radical (unpaired) electrons. The number of hydrogen-bond donors (Lipinski definition) is 2. The highest BCUT2D eigenvalue weighted by molar-refractivity contribution is 7.14. The van der Waals surface area contributed by atoms with Gasteiger partial charge < -0.3 is 10.4 Å². The standard InChI is InChI=1S/C7H9ClN2OS/c8-7-10-6(3-12-7)9-5-1-4(5)2-11/h3-5,9,11H,1-2H2/t4-,5+/m0/s1. The van der Waals surface area contributed by atoms with Crippen LogP contribution in [-0.4, -0.2) is 22.7 Å². The van der Waals surface area contributed by atoms with Crippen LogP contribution >= 0.6 is 22.9 Å². The zero-order valence-electron chi connectivity index (χ0n) is 6.33. The van der Waals surface area contributed by atoms with Gasteiger partial charge in [0.25, 0.3) is 0 Å². The number of hydrogen-bond acceptors (Lipinski definition) is 4. The lowest BCUT2D eigenvalue weighted by atomic mass is 10.4. The molecule has 0 unspecified atom stereocenters. The molecule has 1 aromatic rings. The van der Waals surface area contributed by atoms with Crippen LogP contribution in [0.25, 0.3) is 0 Å². The maximum atomic E-state index is 8.78. The smallest absolute Gasteiger partial charge is 0.185 e. The fourth-order valence-electron chi connectivity index (χ4n) is 1.13. The van der Waals surface area contributed by atoms with Crippen LogP contribution in [0.15, 0.2) is 5.38 Å². The minimum atomic E-state index is 0.259. The minimum absolute atomic E-state index is 0.259. The first-order chi connectivity index (χ1) is 5.79. The number of nitrogens with one attached hydrogen (secondary N) is 1. The molecule has 3 nitrogen and oxygen atoms in total. The van der Waals surface area contributed by atoms with E-state index in [1.807, 2.05) is 5.38 Å². The van der Waals surface area contributed by atoms with Crippen molar-refractivity contribution in [2.75, 3.05) is 11.9 Å². The maximum absolute atomic E-state index is 8.78. The molecule has 0 bridgehead atoms. The summed E-state index contributed by atoms with van der Waals surface area (Å²) in [5, 5.41) is 13.9. The highest BCUT2D eigenvalue weighted by Gasteiger charge is 2.36. The second-order valence-corrected chi connectivity index (χ2v) is 4.36. The van der Waals surface area contributed by atoms with Crippen molar-refractivity contribution < 1.29 is 5.11 Å². The first kappa shape index (κ1) is 8.29. The molecule has 1 fully saturated rings. The normalized spacial score (nSPS) is 27.2. The van der Waals surface area contributed by atoms with Crippen molar-refractivity contribution in [2.24, 2.45) is 5.92 Å². The number of aliphatic hydroxyl groups is 1. The average Bonchev–Trinajstić information content (AvgIpc) is 2.67. The molecule has 1 saturated carbocycles. The zero-order valence-corrected chi connectivity index (χ0v) is 7.90. The fourth-order valence-corrected chi connectivity index (χ4v) is 1.84. The molecule has 5 heteroatoms. The minimum Gasteiger partial charge on any atom is -0.396 e. The Morgan fingerprint density at radius 3 is 3.17 bits per heavy atom. The number of aliphatic hydroxyl groups excluding tert-OH is 1. The van der Waals surface area contributed by atoms with E-state index in [0.717, 1.165) is 12.2 Å². The van der Waals surface area contributed by atoms with Crippen LogP contribution in [0.3, 0.4) is 0 Å². The molecular weight excluding hydrogens is 196 g/mol. The zero-order chi connectivity index (χ0) is 8.55. The summed E-state index contributed by atoms with van der Waals surface area (Å²) < 4.78 is 0.554. The number of nitrogens with zero attached hydrogens (tertiary/aromatic N) is 1. The molecule has 2 atom stereocenters. The van der Waals surface area contributed by atoms with Crippen LogP contribution in [0.5, 0.6) is 0 Å². The number of aromatic nitrogens is 1. The SMILES string of the molecule is OC[C@@H]1C[C@H]1Nc1csc(Cl)n1. The Kier molecular flexibility index (Phi) is 2.21. The third kappa shape index (κ3) is 1.71. The van der Waals surface area contributed by atoms with E-state index in [1.54, 1.807) is 0 Å². The van der Waals surface area contributed by atoms with Crippen molar-refractivity contribution in [3.05, 3.63) is 9.85 Å². The predicted octanol–water partition coefficient (Wildman–Crippen LogP) is 1.59. The van der Waals surface area contributed by atoms with Gasteiger partial charge in [0.05, 0.1) is 0 Å². The molecule has 0 aromatic carbocycles. The lowest BCUT2D eigenvalue weighted by Crippen LogP contribution is -2.06. The van der Waals surface area contributed by atoms with Crippen molar-refractivity contribution in [2.45, 2.75) is 12.5 Å². The van der Waals surface area contributed by atoms with E-state index in [2.05, 4.69) is 10.3 Å². The van der Waals surface area contributed by atoms with Gasteiger partial charge in [-0.2, -0.15) is 0 Å². The van der Waals surface area contributed by atoms with Gasteiger partial charge in [0.15, 0.2) is 4.47 Å². The first-order valence-corrected chi connectivity index (χ1v) is 5.04. The lowest BCUT2D eigenvalue weighted by molar-refractivity contribution is 0.275. The number of anilines is 1. The summed E-state index contributed by atoms with van der Waals surface area (Å²) in [5.74, 6) is 1.23. The van der Waals surface area contributed by atoms with Gasteiger partial charge in [0, 0.05) is 23.9 Å². The van der Waals surface area contributed by atoms with E-state index in [0.29, 0.717) is 16.4 Å². The molecule has 66 valence electrons. The molecule has 0 spiro atoms. The summed E-state index contributed by atoms with van der Waals surface area (Å²) in [5.41, 5.74) is 0. The van der Waals surface area contributed by atoms with Gasteiger partial charge in [-0.1, -0.05) is 11.6 Å². The highest BCUT2D eigenvalue weighted by Crippen LogP contribution is 2.33. The molecule has 1 aliphatic rings. The van der Waals surface area contributed by atoms with Gasteiger partial charge in [-0.25, -0.2) is 4.98 Å². The van der Waals surface area contributed by atoms with Gasteiger partial charge in [-0.05, 0) is 6.42 Å². The van der Waals surface area contributed by atoms with Crippen molar-refractivity contribution in [1.29, 1.82) is 0 Å². The van der Waals surface area contributed by atoms with Crippen molar-refractivity contribution in [1.82, 2.24) is 4.98 Å². The average molecular weight is 205 g/mol. The Bertz CT molecular complexity index is 278. The summed E-state index contributed by atoms with van der Waals surface area (Å²) in [7, 11) is 0. The van der Waals surface area contributed by atoms with Crippen molar-refractivity contribution in [3.63, 3.8) is 0 Å². The van der Waals surface area contributed by atoms with Crippen LogP contribution in [0.1, 0.15) is 6.42 Å². The third-order valence-electron chi connectivity index (χ3n) is 1.97. The molecule has 2 N–H and O–H groups in total. The second-order valence-electron chi connectivity index (χ2n) is 2.91. The van der Waals surface area contributed by atoms with E-state index in [-0.39, 0.29) is 6.61 Å². The number of thiazole rings is 1. The van der Waals surface area contributed by atoms with E-state index >= 15 is 0 Å². The van der Waals surface area contributed by atoms with Crippen LogP contribution < -0.4 is 5.32 Å². The summed E-state index contributed by atoms with van der Waals surface area (Å²) in [6.45, 7) is 0.259. The Morgan fingerprint density at radius 1 is 1.83 bits per heavy atom. The Hall–Kier alpha value is -0.320. The Morgan fingerprint density at radius 2 is 2.67 bits per heavy atom. The number of halogens is 1. The fraction of sp³-hybridized carbons (Fsp3) is 0.571. The topological polar surface area (TPSA) is 45.1 Å². The van der Waals surface area contributed by atoms with E-state index < -0.39 is 0 Å². The summed E-state index contributed by atoms with van der Waals surface area (Å²) >= 11 is 7.06. The first-order valence-electron chi connectivity index (χ1n) is 3.78. The van der Waals surface area contributed by atoms with Crippen LogP contribution in [0.4, 0.5) is 5.82 Å². The van der Waals surface area contributed by atoms with Crippen molar-refractivity contribution >= 4 is 28.8 Å². The van der Waals surface area contributed by atoms with Gasteiger partial charge in [0.1, 0.15) is 5.82 Å².